The van der Waals surface area contributed by atoms with Crippen molar-refractivity contribution in [3.63, 3.8) is 0 Å². The minimum atomic E-state index is -0.414. The number of likely N-dealkylation sites (tertiary alicyclic amines) is 1. The molecule has 0 saturated carbocycles. The first-order chi connectivity index (χ1) is 14.6. The number of carbonyl (C=O) groups excluding carboxylic acids is 3. The number of thiazole rings is 1. The molecule has 1 aliphatic heterocycles. The maximum absolute atomic E-state index is 12.5. The lowest BCUT2D eigenvalue weighted by Gasteiger charge is -2.14. The first kappa shape index (κ1) is 18.7. The summed E-state index contributed by atoms with van der Waals surface area (Å²) in [5.74, 6) is -1.56. The summed E-state index contributed by atoms with van der Waals surface area (Å²) in [6, 6.07) is 14.2. The molecule has 2 heterocycles. The van der Waals surface area contributed by atoms with Crippen LogP contribution in [0.1, 0.15) is 12.8 Å². The van der Waals surface area contributed by atoms with E-state index in [1.165, 1.54) is 11.3 Å². The second-order valence-corrected chi connectivity index (χ2v) is 8.42. The highest BCUT2D eigenvalue weighted by molar-refractivity contribution is 7.14. The number of carbonyl (C=O) groups is 3. The Morgan fingerprint density at radius 3 is 2.47 bits per heavy atom. The van der Waals surface area contributed by atoms with Gasteiger partial charge in [0.1, 0.15) is 6.54 Å². The number of anilines is 1. The lowest BCUT2D eigenvalue weighted by molar-refractivity contribution is -0.142. The Morgan fingerprint density at radius 2 is 1.73 bits per heavy atom. The van der Waals surface area contributed by atoms with Crippen molar-refractivity contribution in [2.75, 3.05) is 11.9 Å². The van der Waals surface area contributed by atoms with Crippen molar-refractivity contribution in [3.05, 3.63) is 60.0 Å². The van der Waals surface area contributed by atoms with Crippen LogP contribution in [0.2, 0.25) is 0 Å². The van der Waals surface area contributed by atoms with E-state index in [1.807, 2.05) is 47.9 Å². The molecule has 2 atom stereocenters. The number of aromatic nitrogens is 1. The summed E-state index contributed by atoms with van der Waals surface area (Å²) >= 11 is 1.32. The second-order valence-electron chi connectivity index (χ2n) is 7.57. The molecule has 1 N–H and O–H groups in total. The molecular weight excluding hydrogens is 398 g/mol. The molecule has 6 nitrogen and oxygen atoms in total. The average molecular weight is 417 g/mol. The highest BCUT2D eigenvalue weighted by Crippen LogP contribution is 2.35. The van der Waals surface area contributed by atoms with E-state index in [9.17, 15) is 14.4 Å². The van der Waals surface area contributed by atoms with Crippen LogP contribution in [0.15, 0.2) is 60.0 Å². The van der Waals surface area contributed by atoms with Gasteiger partial charge in [0.05, 0.1) is 17.5 Å². The van der Waals surface area contributed by atoms with Crippen molar-refractivity contribution in [3.8, 4) is 11.3 Å². The third kappa shape index (κ3) is 3.31. The van der Waals surface area contributed by atoms with E-state index in [4.69, 9.17) is 0 Å². The van der Waals surface area contributed by atoms with E-state index >= 15 is 0 Å². The Labute approximate surface area is 177 Å². The van der Waals surface area contributed by atoms with Crippen LogP contribution in [0.5, 0.6) is 0 Å². The zero-order chi connectivity index (χ0) is 20.7. The lowest BCUT2D eigenvalue weighted by atomic mass is 9.85. The fourth-order valence-corrected chi connectivity index (χ4v) is 4.88. The zero-order valence-electron chi connectivity index (χ0n) is 16.1. The third-order valence-corrected chi connectivity index (χ3v) is 6.45. The smallest absolute Gasteiger partial charge is 0.246 e. The molecule has 2 aliphatic rings. The first-order valence-corrected chi connectivity index (χ1v) is 10.7. The monoisotopic (exact) mass is 417 g/mol. The van der Waals surface area contributed by atoms with Gasteiger partial charge in [0, 0.05) is 10.9 Å². The van der Waals surface area contributed by atoms with Crippen molar-refractivity contribution in [1.29, 1.82) is 0 Å². The van der Waals surface area contributed by atoms with Crippen LogP contribution in [0.25, 0.3) is 22.0 Å². The summed E-state index contributed by atoms with van der Waals surface area (Å²) in [6.45, 7) is -0.268. The molecule has 30 heavy (non-hydrogen) atoms. The van der Waals surface area contributed by atoms with Gasteiger partial charge in [-0.2, -0.15) is 0 Å². The van der Waals surface area contributed by atoms with Crippen LogP contribution in [-0.2, 0) is 14.4 Å². The number of amides is 3. The van der Waals surface area contributed by atoms with Gasteiger partial charge >= 0.3 is 0 Å². The van der Waals surface area contributed by atoms with Crippen molar-refractivity contribution in [2.45, 2.75) is 12.8 Å². The molecule has 1 aliphatic carbocycles. The van der Waals surface area contributed by atoms with Crippen molar-refractivity contribution >= 4 is 45.0 Å². The van der Waals surface area contributed by atoms with Crippen molar-refractivity contribution < 1.29 is 14.4 Å². The SMILES string of the molecule is O=C(CN1C(=O)[C@H]2CC=CC[C@@H]2C1=O)Nc1nc(-c2ccc3ccccc3c2)cs1. The van der Waals surface area contributed by atoms with E-state index in [2.05, 4.69) is 22.4 Å². The van der Waals surface area contributed by atoms with Crippen LogP contribution in [-0.4, -0.2) is 34.2 Å². The van der Waals surface area contributed by atoms with Crippen molar-refractivity contribution in [2.24, 2.45) is 11.8 Å². The van der Waals surface area contributed by atoms with E-state index in [0.717, 1.165) is 26.9 Å². The predicted molar refractivity (Wildman–Crippen MR) is 116 cm³/mol. The fraction of sp³-hybridized carbons (Fsp3) is 0.217. The summed E-state index contributed by atoms with van der Waals surface area (Å²) in [6.07, 6.45) is 4.99. The Bertz CT molecular complexity index is 1170. The first-order valence-electron chi connectivity index (χ1n) is 9.85. The van der Waals surface area contributed by atoms with Crippen LogP contribution in [0.4, 0.5) is 5.13 Å². The number of hydrogen-bond acceptors (Lipinski definition) is 5. The van der Waals surface area contributed by atoms with Gasteiger partial charge < -0.3 is 5.32 Å². The van der Waals surface area contributed by atoms with Gasteiger partial charge in [0.25, 0.3) is 0 Å². The van der Waals surface area contributed by atoms with Gasteiger partial charge in [-0.15, -0.1) is 11.3 Å². The zero-order valence-corrected chi connectivity index (χ0v) is 16.9. The molecule has 1 aromatic heterocycles. The molecule has 3 aromatic rings. The minimum Gasteiger partial charge on any atom is -0.300 e. The number of imide groups is 1. The summed E-state index contributed by atoms with van der Waals surface area (Å²) < 4.78 is 0. The standard InChI is InChI=1S/C23H19N3O3S/c27-20(12-26-21(28)17-7-3-4-8-18(17)22(26)29)25-23-24-19(13-30-23)16-10-9-14-5-1-2-6-15(14)11-16/h1-6,9-11,13,17-18H,7-8,12H2,(H,24,25,27)/t17-,18-/m0/s1. The average Bonchev–Trinajstić information content (AvgIpc) is 3.32. The Morgan fingerprint density at radius 1 is 1.03 bits per heavy atom. The number of nitrogens with zero attached hydrogens (tertiary/aromatic N) is 2. The molecule has 0 unspecified atom stereocenters. The molecule has 3 amide bonds. The molecule has 150 valence electrons. The molecule has 1 saturated heterocycles. The topological polar surface area (TPSA) is 79.4 Å². The molecule has 0 radical (unpaired) electrons. The third-order valence-electron chi connectivity index (χ3n) is 5.70. The molecule has 1 fully saturated rings. The molecule has 7 heteroatoms. The molecule has 2 aromatic carbocycles. The molecular formula is C23H19N3O3S. The van der Waals surface area contributed by atoms with E-state index in [0.29, 0.717) is 18.0 Å². The maximum atomic E-state index is 12.5. The van der Waals surface area contributed by atoms with E-state index < -0.39 is 5.91 Å². The summed E-state index contributed by atoms with van der Waals surface area (Å²) in [5.41, 5.74) is 1.73. The number of benzene rings is 2. The normalized spacial score (nSPS) is 20.6. The van der Waals surface area contributed by atoms with Crippen LogP contribution >= 0.6 is 11.3 Å². The van der Waals surface area contributed by atoms with Crippen LogP contribution < -0.4 is 5.32 Å². The van der Waals surface area contributed by atoms with Gasteiger partial charge in [0.15, 0.2) is 5.13 Å². The largest absolute Gasteiger partial charge is 0.300 e. The number of allylic oxidation sites excluding steroid dienone is 2. The van der Waals surface area contributed by atoms with Gasteiger partial charge in [-0.3, -0.25) is 19.3 Å². The van der Waals surface area contributed by atoms with Gasteiger partial charge in [-0.05, 0) is 29.7 Å². The summed E-state index contributed by atoms with van der Waals surface area (Å²) in [7, 11) is 0. The predicted octanol–water partition coefficient (Wildman–Crippen LogP) is 3.85. The van der Waals surface area contributed by atoms with Gasteiger partial charge in [-0.1, -0.05) is 48.6 Å². The van der Waals surface area contributed by atoms with E-state index in [-0.39, 0.29) is 30.2 Å². The van der Waals surface area contributed by atoms with Gasteiger partial charge in [-0.25, -0.2) is 4.98 Å². The Balaban J connectivity index is 1.27. The molecule has 0 spiro atoms. The summed E-state index contributed by atoms with van der Waals surface area (Å²) in [5, 5.41) is 7.33. The quantitative estimate of drug-likeness (QED) is 0.517. The number of fused-ring (bicyclic) bond motifs is 2. The number of rotatable bonds is 4. The van der Waals surface area contributed by atoms with Gasteiger partial charge in [0.2, 0.25) is 17.7 Å². The fourth-order valence-electron chi connectivity index (χ4n) is 4.14. The highest BCUT2D eigenvalue weighted by atomic mass is 32.1. The second kappa shape index (κ2) is 7.50. The maximum Gasteiger partial charge on any atom is 0.246 e. The Kier molecular flexibility index (Phi) is 4.67. The van der Waals surface area contributed by atoms with Crippen molar-refractivity contribution in [1.82, 2.24) is 9.88 Å². The highest BCUT2D eigenvalue weighted by Gasteiger charge is 2.47. The molecule has 5 rings (SSSR count). The van der Waals surface area contributed by atoms with Crippen LogP contribution in [0.3, 0.4) is 0 Å². The van der Waals surface area contributed by atoms with E-state index in [1.54, 1.807) is 0 Å². The van der Waals surface area contributed by atoms with Crippen LogP contribution in [0, 0.1) is 11.8 Å². The number of nitrogens with one attached hydrogen (secondary N) is 1. The molecule has 0 bridgehead atoms. The number of hydrogen-bond donors (Lipinski definition) is 1. The lowest BCUT2D eigenvalue weighted by Crippen LogP contribution is -2.38. The summed E-state index contributed by atoms with van der Waals surface area (Å²) in [4.78, 5) is 43.1. The Hall–Kier alpha value is -3.32. The minimum absolute atomic E-state index is 0.250.